The van der Waals surface area contributed by atoms with Crippen LogP contribution >= 0.6 is 22.9 Å². The van der Waals surface area contributed by atoms with Gasteiger partial charge < -0.3 is 0 Å². The third kappa shape index (κ3) is 1.78. The van der Waals surface area contributed by atoms with Crippen molar-refractivity contribution >= 4 is 28.5 Å². The van der Waals surface area contributed by atoms with E-state index < -0.39 is 0 Å². The number of hydrogen-bond donors (Lipinski definition) is 0. The van der Waals surface area contributed by atoms with E-state index in [1.165, 1.54) is 19.3 Å². The summed E-state index contributed by atoms with van der Waals surface area (Å²) in [5.41, 5.74) is -0.137. The molecular weight excluding hydrogens is 154 g/mol. The lowest BCUT2D eigenvalue weighted by molar-refractivity contribution is 0.608. The molecule has 1 rings (SSSR count). The Bertz CT molecular complexity index is 95.1. The molecule has 1 aliphatic carbocycles. The molecule has 1 fully saturated rings. The minimum Gasteiger partial charge on any atom is -0.171 e. The molecule has 9 heavy (non-hydrogen) atoms. The molecule has 0 N–H and O–H groups in total. The van der Waals surface area contributed by atoms with Gasteiger partial charge in [-0.2, -0.15) is 22.9 Å². The van der Waals surface area contributed by atoms with Crippen molar-refractivity contribution in [3.05, 3.63) is 0 Å². The minimum absolute atomic E-state index is 0.137. The zero-order valence-electron chi connectivity index (χ0n) is 5.61. The van der Waals surface area contributed by atoms with Gasteiger partial charge in [0.1, 0.15) is 0 Å². The Hall–Kier alpha value is 0.645. The van der Waals surface area contributed by atoms with Gasteiger partial charge in [-0.1, -0.05) is 26.2 Å². The number of halogens is 2. The van der Waals surface area contributed by atoms with E-state index in [0.29, 0.717) is 5.82 Å². The predicted molar refractivity (Wildman–Crippen MR) is 44.2 cm³/mol. The van der Waals surface area contributed by atoms with Crippen LogP contribution in [0.15, 0.2) is 0 Å². The van der Waals surface area contributed by atoms with E-state index in [9.17, 15) is 0 Å². The average molecular weight is 165 g/mol. The van der Waals surface area contributed by atoms with Gasteiger partial charge in [-0.05, 0) is 11.7 Å². The van der Waals surface area contributed by atoms with Crippen LogP contribution in [0.2, 0.25) is 5.82 Å². The monoisotopic (exact) mass is 164 g/mol. The molecular formula is C6H11BCl2. The van der Waals surface area contributed by atoms with Crippen LogP contribution in [0.5, 0.6) is 0 Å². The third-order valence-corrected chi connectivity index (χ3v) is 2.90. The summed E-state index contributed by atoms with van der Waals surface area (Å²) in [5.74, 6) is 1.30. The maximum absolute atomic E-state index is 5.74. The maximum atomic E-state index is 5.74. The van der Waals surface area contributed by atoms with Gasteiger partial charge in [0.25, 0.3) is 0 Å². The summed E-state index contributed by atoms with van der Waals surface area (Å²) in [7, 11) is 0. The van der Waals surface area contributed by atoms with Gasteiger partial charge in [-0.25, -0.2) is 0 Å². The minimum atomic E-state index is -0.137. The van der Waals surface area contributed by atoms with Crippen molar-refractivity contribution in [1.29, 1.82) is 0 Å². The standard InChI is InChI=1S/C6H11BCl2/c1-5-3-2-4-6(5)7(8)9/h5-6H,2-4H2,1H3. The lowest BCUT2D eigenvalue weighted by atomic mass is 9.77. The molecule has 0 aromatic heterocycles. The molecule has 0 aromatic carbocycles. The summed E-state index contributed by atoms with van der Waals surface area (Å²) >= 11 is 11.5. The third-order valence-electron chi connectivity index (χ3n) is 2.25. The van der Waals surface area contributed by atoms with Gasteiger partial charge in [0.05, 0.1) is 0 Å². The van der Waals surface area contributed by atoms with Gasteiger partial charge in [0.2, 0.25) is 0 Å². The SMILES string of the molecule is CC1CCCC1B(Cl)Cl. The highest BCUT2D eigenvalue weighted by molar-refractivity contribution is 7.34. The first-order valence-electron chi connectivity index (χ1n) is 3.50. The Morgan fingerprint density at radius 1 is 1.33 bits per heavy atom. The fraction of sp³-hybridized carbons (Fsp3) is 1.00. The summed E-state index contributed by atoms with van der Waals surface area (Å²) in [5, 5.41) is 0. The van der Waals surface area contributed by atoms with Crippen LogP contribution in [-0.4, -0.2) is 5.54 Å². The molecule has 2 atom stereocenters. The van der Waals surface area contributed by atoms with E-state index in [-0.39, 0.29) is 5.54 Å². The van der Waals surface area contributed by atoms with Crippen LogP contribution in [-0.2, 0) is 0 Å². The quantitative estimate of drug-likeness (QED) is 0.523. The molecule has 0 heterocycles. The lowest BCUT2D eigenvalue weighted by Crippen LogP contribution is -2.09. The highest BCUT2D eigenvalue weighted by atomic mass is 35.5. The van der Waals surface area contributed by atoms with Crippen molar-refractivity contribution in [3.8, 4) is 0 Å². The van der Waals surface area contributed by atoms with E-state index in [0.717, 1.165) is 5.92 Å². The molecule has 1 saturated carbocycles. The molecule has 0 amide bonds. The van der Waals surface area contributed by atoms with Gasteiger partial charge >= 0.3 is 5.54 Å². The smallest absolute Gasteiger partial charge is 0.171 e. The first-order chi connectivity index (χ1) is 4.22. The van der Waals surface area contributed by atoms with E-state index in [4.69, 9.17) is 22.9 Å². The summed E-state index contributed by atoms with van der Waals surface area (Å²) in [6.07, 6.45) is 3.83. The molecule has 0 aliphatic heterocycles. The van der Waals surface area contributed by atoms with Crippen molar-refractivity contribution in [2.24, 2.45) is 5.92 Å². The average Bonchev–Trinajstić information content (AvgIpc) is 2.13. The van der Waals surface area contributed by atoms with E-state index in [1.54, 1.807) is 0 Å². The molecule has 0 saturated heterocycles. The number of rotatable bonds is 1. The molecule has 0 bridgehead atoms. The second kappa shape index (κ2) is 3.16. The topological polar surface area (TPSA) is 0 Å². The fourth-order valence-corrected chi connectivity index (χ4v) is 2.30. The molecule has 3 heteroatoms. The Kier molecular flexibility index (Phi) is 2.72. The predicted octanol–water partition coefficient (Wildman–Crippen LogP) is 3.14. The normalized spacial score (nSPS) is 35.0. The second-order valence-electron chi connectivity index (χ2n) is 2.91. The van der Waals surface area contributed by atoms with Crippen LogP contribution in [0, 0.1) is 5.92 Å². The van der Waals surface area contributed by atoms with Crippen molar-refractivity contribution in [1.82, 2.24) is 0 Å². The van der Waals surface area contributed by atoms with E-state index >= 15 is 0 Å². The Morgan fingerprint density at radius 3 is 2.22 bits per heavy atom. The van der Waals surface area contributed by atoms with Gasteiger partial charge in [0.15, 0.2) is 0 Å². The van der Waals surface area contributed by atoms with E-state index in [1.807, 2.05) is 0 Å². The van der Waals surface area contributed by atoms with Crippen LogP contribution in [0.3, 0.4) is 0 Å². The molecule has 0 nitrogen and oxygen atoms in total. The van der Waals surface area contributed by atoms with Crippen LogP contribution < -0.4 is 0 Å². The highest BCUT2D eigenvalue weighted by Gasteiger charge is 2.31. The molecule has 0 radical (unpaired) electrons. The van der Waals surface area contributed by atoms with Crippen molar-refractivity contribution in [2.45, 2.75) is 32.0 Å². The molecule has 52 valence electrons. The first-order valence-corrected chi connectivity index (χ1v) is 4.37. The van der Waals surface area contributed by atoms with Crippen molar-refractivity contribution < 1.29 is 0 Å². The Morgan fingerprint density at radius 2 is 2.00 bits per heavy atom. The van der Waals surface area contributed by atoms with E-state index in [2.05, 4.69) is 6.92 Å². The zero-order chi connectivity index (χ0) is 6.85. The summed E-state index contributed by atoms with van der Waals surface area (Å²) in [6, 6.07) is 0. The van der Waals surface area contributed by atoms with Crippen LogP contribution in [0.4, 0.5) is 0 Å². The van der Waals surface area contributed by atoms with Gasteiger partial charge in [-0.15, -0.1) is 0 Å². The molecule has 0 spiro atoms. The summed E-state index contributed by atoms with van der Waals surface area (Å²) in [4.78, 5) is 0. The van der Waals surface area contributed by atoms with Gasteiger partial charge in [-0.3, -0.25) is 0 Å². The van der Waals surface area contributed by atoms with Crippen molar-refractivity contribution in [3.63, 3.8) is 0 Å². The largest absolute Gasteiger partial charge is 0.354 e. The van der Waals surface area contributed by atoms with Crippen molar-refractivity contribution in [2.75, 3.05) is 0 Å². The molecule has 2 unspecified atom stereocenters. The fourth-order valence-electron chi connectivity index (χ4n) is 1.55. The second-order valence-corrected chi connectivity index (χ2v) is 4.07. The molecule has 1 aliphatic rings. The first kappa shape index (κ1) is 7.75. The lowest BCUT2D eigenvalue weighted by Gasteiger charge is -2.12. The number of hydrogen-bond acceptors (Lipinski definition) is 0. The van der Waals surface area contributed by atoms with Crippen LogP contribution in [0.1, 0.15) is 26.2 Å². The zero-order valence-corrected chi connectivity index (χ0v) is 7.12. The Balaban J connectivity index is 2.40. The highest BCUT2D eigenvalue weighted by Crippen LogP contribution is 2.40. The summed E-state index contributed by atoms with van der Waals surface area (Å²) < 4.78 is 0. The molecule has 0 aromatic rings. The summed E-state index contributed by atoms with van der Waals surface area (Å²) in [6.45, 7) is 2.23. The Labute approximate surface area is 66.8 Å². The van der Waals surface area contributed by atoms with Crippen LogP contribution in [0.25, 0.3) is 0 Å². The van der Waals surface area contributed by atoms with Gasteiger partial charge in [0, 0.05) is 0 Å². The maximum Gasteiger partial charge on any atom is 0.354 e.